The van der Waals surface area contributed by atoms with Crippen molar-refractivity contribution >= 4 is 11.6 Å². The van der Waals surface area contributed by atoms with Crippen LogP contribution in [-0.2, 0) is 4.79 Å². The fourth-order valence-electron chi connectivity index (χ4n) is 2.06. The number of hydrogen-bond donors (Lipinski definition) is 2. The van der Waals surface area contributed by atoms with E-state index < -0.39 is 0 Å². The van der Waals surface area contributed by atoms with Gasteiger partial charge in [0, 0.05) is 11.4 Å². The molecule has 2 aromatic carbocycles. The number of para-hydroxylation sites is 2. The van der Waals surface area contributed by atoms with Gasteiger partial charge in [0.1, 0.15) is 0 Å². The van der Waals surface area contributed by atoms with E-state index in [1.165, 1.54) is 6.42 Å². The van der Waals surface area contributed by atoms with Crippen LogP contribution in [0.3, 0.4) is 0 Å². The van der Waals surface area contributed by atoms with Crippen molar-refractivity contribution in [2.24, 2.45) is 0 Å². The Morgan fingerprint density at radius 1 is 1.04 bits per heavy atom. The van der Waals surface area contributed by atoms with Crippen LogP contribution in [0.4, 0.5) is 5.69 Å². The summed E-state index contributed by atoms with van der Waals surface area (Å²) < 4.78 is 0. The maximum atomic E-state index is 11.4. The summed E-state index contributed by atoms with van der Waals surface area (Å²) in [5.41, 5.74) is 3.81. The Morgan fingerprint density at radius 2 is 1.57 bits per heavy atom. The molecule has 28 heavy (non-hydrogen) atoms. The number of hydrogen-bond acceptors (Lipinski definition) is 2. The molecule has 4 heteroatoms. The molecule has 0 saturated heterocycles. The second-order valence-electron chi connectivity index (χ2n) is 6.06. The van der Waals surface area contributed by atoms with E-state index in [1.54, 1.807) is 24.6 Å². The summed E-state index contributed by atoms with van der Waals surface area (Å²) in [4.78, 5) is 11.4. The third kappa shape index (κ3) is 12.4. The van der Waals surface area contributed by atoms with Crippen LogP contribution in [0, 0.1) is 41.0 Å². The Kier molecular flexibility index (Phi) is 17.3. The molecule has 0 aliphatic rings. The van der Waals surface area contributed by atoms with Crippen LogP contribution < -0.4 is 24.2 Å². The monoisotopic (exact) mass is 374 g/mol. The number of benzene rings is 2. The normalized spacial score (nSPS) is 8.89. The number of amides is 1. The van der Waals surface area contributed by atoms with E-state index >= 15 is 0 Å². The second-order valence-corrected chi connectivity index (χ2v) is 6.06. The molecule has 0 heterocycles. The summed E-state index contributed by atoms with van der Waals surface area (Å²) in [5.74, 6) is 0.234. The van der Waals surface area contributed by atoms with Crippen LogP contribution in [-0.4, -0.2) is 11.0 Å². The van der Waals surface area contributed by atoms with Crippen molar-refractivity contribution in [2.45, 2.75) is 46.5 Å². The number of carbonyl (C=O) groups excluding carboxylic acids is 1. The molecule has 0 saturated carbocycles. The molecule has 0 fully saturated rings. The molecular formula is C24H33LiNO2-3. The van der Waals surface area contributed by atoms with Crippen LogP contribution in [0.2, 0.25) is 0 Å². The van der Waals surface area contributed by atoms with Gasteiger partial charge in [0.25, 0.3) is 0 Å². The minimum atomic E-state index is -0.0232. The summed E-state index contributed by atoms with van der Waals surface area (Å²) in [7, 11) is 0. The molecule has 0 radical (unpaired) electrons. The molecule has 0 atom stereocenters. The molecule has 3 nitrogen and oxygen atoms in total. The van der Waals surface area contributed by atoms with E-state index in [0.717, 1.165) is 36.1 Å². The van der Waals surface area contributed by atoms with Crippen molar-refractivity contribution in [3.63, 3.8) is 0 Å². The van der Waals surface area contributed by atoms with Crippen LogP contribution in [0.25, 0.3) is 0 Å². The number of aryl methyl sites for hydroxylation is 2. The first kappa shape index (κ1) is 28.3. The zero-order chi connectivity index (χ0) is 20.7. The molecule has 0 spiro atoms. The van der Waals surface area contributed by atoms with Crippen molar-refractivity contribution in [3.8, 4) is 5.75 Å². The van der Waals surface area contributed by atoms with Crippen molar-refractivity contribution in [3.05, 3.63) is 86.3 Å². The van der Waals surface area contributed by atoms with Gasteiger partial charge < -0.3 is 35.5 Å². The molecule has 2 aromatic rings. The van der Waals surface area contributed by atoms with Crippen LogP contribution in [0.15, 0.2) is 42.5 Å². The van der Waals surface area contributed by atoms with Crippen LogP contribution in [0.5, 0.6) is 5.75 Å². The van der Waals surface area contributed by atoms with Gasteiger partial charge in [-0.2, -0.15) is 37.8 Å². The van der Waals surface area contributed by atoms with Gasteiger partial charge in [-0.1, -0.05) is 37.3 Å². The summed E-state index contributed by atoms with van der Waals surface area (Å²) in [6, 6.07) is 13.0. The number of anilines is 1. The molecule has 0 bridgehead atoms. The second kappa shape index (κ2) is 17.2. The summed E-state index contributed by atoms with van der Waals surface area (Å²) in [6.07, 6.45) is 5.63. The summed E-state index contributed by atoms with van der Waals surface area (Å²) in [6.45, 7) is 16.8. The molecule has 1 amide bonds. The molecule has 0 unspecified atom stereocenters. The van der Waals surface area contributed by atoms with E-state index in [4.69, 9.17) is 5.11 Å². The van der Waals surface area contributed by atoms with E-state index in [0.29, 0.717) is 5.56 Å². The van der Waals surface area contributed by atoms with E-state index in [1.807, 2.05) is 45.0 Å². The topological polar surface area (TPSA) is 49.3 Å². The fraction of sp³-hybridized carbons (Fsp3) is 0.292. The minimum absolute atomic E-state index is 0. The molecule has 2 N–H and O–H groups in total. The average molecular weight is 374 g/mol. The fourth-order valence-corrected chi connectivity index (χ4v) is 2.06. The SMILES string of the molecule is CC[CH-]C(=O)Nc1c(C)cccc1C.[CH2-]CCC[CH2-].[CH2-]c1ccccc1O.[Li+]. The predicted octanol–water partition coefficient (Wildman–Crippen LogP) is 3.26. The van der Waals surface area contributed by atoms with Gasteiger partial charge >= 0.3 is 18.9 Å². The average Bonchev–Trinajstić information content (AvgIpc) is 2.63. The maximum Gasteiger partial charge on any atom is 1.00 e. The number of aromatic hydroxyl groups is 1. The summed E-state index contributed by atoms with van der Waals surface area (Å²) in [5, 5.41) is 11.7. The number of unbranched alkanes of at least 4 members (excludes halogenated alkanes) is 2. The van der Waals surface area contributed by atoms with Gasteiger partial charge in [0.15, 0.2) is 0 Å². The number of carbonyl (C=O) groups is 1. The Balaban J connectivity index is 0. The smallest absolute Gasteiger partial charge is 0.565 e. The zero-order valence-electron chi connectivity index (χ0n) is 17.9. The van der Waals surface area contributed by atoms with Gasteiger partial charge in [0.05, 0.1) is 5.91 Å². The van der Waals surface area contributed by atoms with E-state index in [9.17, 15) is 4.79 Å². The van der Waals surface area contributed by atoms with Crippen molar-refractivity contribution in [1.29, 1.82) is 0 Å². The first-order chi connectivity index (χ1) is 12.9. The van der Waals surface area contributed by atoms with E-state index in [-0.39, 0.29) is 30.5 Å². The molecule has 0 aliphatic carbocycles. The first-order valence-electron chi connectivity index (χ1n) is 9.26. The third-order valence-corrected chi connectivity index (χ3v) is 3.61. The Labute approximate surface area is 184 Å². The van der Waals surface area contributed by atoms with Crippen molar-refractivity contribution < 1.29 is 28.8 Å². The van der Waals surface area contributed by atoms with E-state index in [2.05, 4.69) is 26.1 Å². The van der Waals surface area contributed by atoms with Crippen molar-refractivity contribution in [2.75, 3.05) is 5.32 Å². The Hall–Kier alpha value is -1.95. The number of phenolic OH excluding ortho intramolecular Hbond substituents is 1. The standard InChI is InChI=1S/C12H16NO.C7H7O.C5H10.Li/c1-4-6-11(14)13-12-9(2)7-5-8-10(12)3;1-6-4-2-3-5-7(6)8;1-3-5-4-2;/h5-8H,4H2,1-3H3,(H,13,14);2-5,8H,1H2;1-5H2;/q2*-1;-2;+1. The maximum absolute atomic E-state index is 11.4. The van der Waals surface area contributed by atoms with Gasteiger partial charge in [-0.25, -0.2) is 0 Å². The third-order valence-electron chi connectivity index (χ3n) is 3.61. The molecule has 2 rings (SSSR count). The zero-order valence-corrected chi connectivity index (χ0v) is 17.9. The van der Waals surface area contributed by atoms with Gasteiger partial charge in [-0.05, 0) is 25.0 Å². The molecule has 150 valence electrons. The number of rotatable bonds is 5. The Bertz CT molecular complexity index is 628. The quantitative estimate of drug-likeness (QED) is 0.623. The minimum Gasteiger partial charge on any atom is -0.565 e. The largest absolute Gasteiger partial charge is 1.00 e. The predicted molar refractivity (Wildman–Crippen MR) is 116 cm³/mol. The van der Waals surface area contributed by atoms with Gasteiger partial charge in [-0.15, -0.1) is 12.5 Å². The van der Waals surface area contributed by atoms with Crippen LogP contribution >= 0.6 is 0 Å². The Morgan fingerprint density at radius 3 is 1.93 bits per heavy atom. The molecular weight excluding hydrogens is 341 g/mol. The number of nitrogens with one attached hydrogen (secondary N) is 1. The first-order valence-corrected chi connectivity index (χ1v) is 9.26. The molecule has 0 aromatic heterocycles. The van der Waals surface area contributed by atoms with Gasteiger partial charge in [0.2, 0.25) is 0 Å². The number of phenols is 1. The van der Waals surface area contributed by atoms with Crippen LogP contribution in [0.1, 0.15) is 49.3 Å². The summed E-state index contributed by atoms with van der Waals surface area (Å²) >= 11 is 0. The molecule has 0 aliphatic heterocycles. The van der Waals surface area contributed by atoms with Gasteiger partial charge in [-0.3, -0.25) is 0 Å². The van der Waals surface area contributed by atoms with Crippen molar-refractivity contribution in [1.82, 2.24) is 0 Å².